The van der Waals surface area contributed by atoms with Crippen LogP contribution in [0.5, 0.6) is 11.6 Å². The van der Waals surface area contributed by atoms with Crippen molar-refractivity contribution in [3.8, 4) is 11.6 Å². The van der Waals surface area contributed by atoms with Crippen molar-refractivity contribution in [2.24, 2.45) is 0 Å². The number of methoxy groups -OCH3 is 1. The van der Waals surface area contributed by atoms with Gasteiger partial charge in [0.05, 0.1) is 12.8 Å². The predicted octanol–water partition coefficient (Wildman–Crippen LogP) is 2.00. The van der Waals surface area contributed by atoms with E-state index in [1.54, 1.807) is 0 Å². The molecule has 0 radical (unpaired) electrons. The molecule has 17 heavy (non-hydrogen) atoms. The number of aromatic nitrogens is 1. The Hall–Kier alpha value is -1.99. The Morgan fingerprint density at radius 2 is 2.06 bits per heavy atom. The van der Waals surface area contributed by atoms with Crippen molar-refractivity contribution in [2.45, 2.75) is 13.3 Å². The molecule has 1 aromatic rings. The fraction of sp³-hybridized carbons (Fsp3) is 0.333. The summed E-state index contributed by atoms with van der Waals surface area (Å²) < 4.78 is 44.5. The third-order valence-electron chi connectivity index (χ3n) is 1.78. The molecule has 1 aromatic heterocycles. The van der Waals surface area contributed by atoms with E-state index in [0.717, 1.165) is 6.07 Å². The standard InChI is InChI=1S/C9H8F3NO4/c1-4-7(17-9(10,11)12)5(8(14)15)3-6(13-4)16-2/h3H,1-2H3,(H,14,15). The molecule has 8 heteroatoms. The van der Waals surface area contributed by atoms with Crippen molar-refractivity contribution in [2.75, 3.05) is 7.11 Å². The molecule has 1 rings (SSSR count). The fourth-order valence-electron chi connectivity index (χ4n) is 1.14. The van der Waals surface area contributed by atoms with Crippen molar-refractivity contribution in [1.29, 1.82) is 0 Å². The molecule has 0 atom stereocenters. The lowest BCUT2D eigenvalue weighted by Crippen LogP contribution is -2.20. The zero-order valence-electron chi connectivity index (χ0n) is 8.83. The van der Waals surface area contributed by atoms with Crippen LogP contribution >= 0.6 is 0 Å². The summed E-state index contributed by atoms with van der Waals surface area (Å²) in [6.07, 6.45) is -4.98. The van der Waals surface area contributed by atoms with Gasteiger partial charge in [-0.15, -0.1) is 13.2 Å². The number of hydrogen-bond donors (Lipinski definition) is 1. The number of aryl methyl sites for hydroxylation is 1. The van der Waals surface area contributed by atoms with Crippen LogP contribution in [0.4, 0.5) is 13.2 Å². The van der Waals surface area contributed by atoms with E-state index in [9.17, 15) is 18.0 Å². The molecule has 1 heterocycles. The Morgan fingerprint density at radius 3 is 2.47 bits per heavy atom. The second kappa shape index (κ2) is 4.48. The number of pyridine rings is 1. The van der Waals surface area contributed by atoms with Crippen LogP contribution in [0.2, 0.25) is 0 Å². The van der Waals surface area contributed by atoms with Crippen LogP contribution in [0.1, 0.15) is 16.1 Å². The van der Waals surface area contributed by atoms with E-state index in [1.165, 1.54) is 14.0 Å². The van der Waals surface area contributed by atoms with Crippen LogP contribution in [0.15, 0.2) is 6.07 Å². The maximum absolute atomic E-state index is 12.1. The van der Waals surface area contributed by atoms with E-state index < -0.39 is 23.6 Å². The molecule has 0 fully saturated rings. The smallest absolute Gasteiger partial charge is 0.481 e. The van der Waals surface area contributed by atoms with Crippen molar-refractivity contribution in [3.63, 3.8) is 0 Å². The molecule has 0 unspecified atom stereocenters. The number of alkyl halides is 3. The molecule has 0 aromatic carbocycles. The third kappa shape index (κ3) is 3.23. The molecule has 5 nitrogen and oxygen atoms in total. The summed E-state index contributed by atoms with van der Waals surface area (Å²) in [5.74, 6) is -2.51. The Bertz CT molecular complexity index is 445. The minimum Gasteiger partial charge on any atom is -0.481 e. The van der Waals surface area contributed by atoms with Gasteiger partial charge in [0.15, 0.2) is 5.75 Å². The maximum atomic E-state index is 12.1. The number of carbonyl (C=O) groups is 1. The Balaban J connectivity index is 3.32. The molecule has 0 aliphatic heterocycles. The number of carboxylic acids is 1. The number of halogens is 3. The number of aromatic carboxylic acids is 1. The average molecular weight is 251 g/mol. The highest BCUT2D eigenvalue weighted by molar-refractivity contribution is 5.91. The van der Waals surface area contributed by atoms with E-state index in [2.05, 4.69) is 14.5 Å². The first-order chi connectivity index (χ1) is 7.74. The van der Waals surface area contributed by atoms with Gasteiger partial charge >= 0.3 is 12.3 Å². The molecule has 0 amide bonds. The van der Waals surface area contributed by atoms with Gasteiger partial charge in [-0.2, -0.15) is 0 Å². The molecule has 1 N–H and O–H groups in total. The Kier molecular flexibility index (Phi) is 3.45. The maximum Gasteiger partial charge on any atom is 0.573 e. The fourth-order valence-corrected chi connectivity index (χ4v) is 1.14. The molecule has 0 bridgehead atoms. The summed E-state index contributed by atoms with van der Waals surface area (Å²) in [4.78, 5) is 14.4. The SMILES string of the molecule is COc1cc(C(=O)O)c(OC(F)(F)F)c(C)n1. The van der Waals surface area contributed by atoms with Gasteiger partial charge in [-0.25, -0.2) is 9.78 Å². The van der Waals surface area contributed by atoms with Gasteiger partial charge < -0.3 is 14.6 Å². The lowest BCUT2D eigenvalue weighted by atomic mass is 10.2. The summed E-state index contributed by atoms with van der Waals surface area (Å²) >= 11 is 0. The van der Waals surface area contributed by atoms with Crippen LogP contribution < -0.4 is 9.47 Å². The monoisotopic (exact) mass is 251 g/mol. The molecule has 0 saturated carbocycles. The summed E-state index contributed by atoms with van der Waals surface area (Å²) in [5.41, 5.74) is -0.884. The van der Waals surface area contributed by atoms with Crippen LogP contribution in [-0.2, 0) is 0 Å². The van der Waals surface area contributed by atoms with Gasteiger partial charge in [-0.05, 0) is 6.92 Å². The van der Waals surface area contributed by atoms with Crippen molar-refractivity contribution in [1.82, 2.24) is 4.98 Å². The first-order valence-corrected chi connectivity index (χ1v) is 4.29. The zero-order valence-corrected chi connectivity index (χ0v) is 8.83. The number of nitrogens with zero attached hydrogens (tertiary/aromatic N) is 1. The highest BCUT2D eigenvalue weighted by Gasteiger charge is 2.34. The van der Waals surface area contributed by atoms with Gasteiger partial charge in [-0.3, -0.25) is 0 Å². The second-order valence-corrected chi connectivity index (χ2v) is 2.98. The quantitative estimate of drug-likeness (QED) is 0.889. The first-order valence-electron chi connectivity index (χ1n) is 4.29. The number of carboxylic acid groups (broad SMARTS) is 1. The van der Waals surface area contributed by atoms with Crippen molar-refractivity contribution in [3.05, 3.63) is 17.3 Å². The van der Waals surface area contributed by atoms with Gasteiger partial charge in [0.1, 0.15) is 5.56 Å². The summed E-state index contributed by atoms with van der Waals surface area (Å²) in [7, 11) is 1.22. The van der Waals surface area contributed by atoms with Crippen LogP contribution in [0.25, 0.3) is 0 Å². The Morgan fingerprint density at radius 1 is 1.47 bits per heavy atom. The van der Waals surface area contributed by atoms with Crippen LogP contribution in [0, 0.1) is 6.92 Å². The molecular weight excluding hydrogens is 243 g/mol. The molecular formula is C9H8F3NO4. The zero-order chi connectivity index (χ0) is 13.2. The van der Waals surface area contributed by atoms with E-state index in [1.807, 2.05) is 0 Å². The van der Waals surface area contributed by atoms with Gasteiger partial charge in [0.25, 0.3) is 0 Å². The predicted molar refractivity (Wildman–Crippen MR) is 49.2 cm³/mol. The third-order valence-corrected chi connectivity index (χ3v) is 1.78. The summed E-state index contributed by atoms with van der Waals surface area (Å²) in [6, 6.07) is 0.858. The van der Waals surface area contributed by atoms with Crippen molar-refractivity contribution >= 4 is 5.97 Å². The van der Waals surface area contributed by atoms with Gasteiger partial charge in [-0.1, -0.05) is 0 Å². The molecule has 0 aliphatic rings. The highest BCUT2D eigenvalue weighted by Crippen LogP contribution is 2.31. The van der Waals surface area contributed by atoms with Crippen LogP contribution in [-0.4, -0.2) is 29.5 Å². The molecule has 94 valence electrons. The number of hydrogen-bond acceptors (Lipinski definition) is 4. The van der Waals surface area contributed by atoms with Crippen molar-refractivity contribution < 1.29 is 32.5 Å². The van der Waals surface area contributed by atoms with Crippen LogP contribution in [0.3, 0.4) is 0 Å². The van der Waals surface area contributed by atoms with E-state index in [0.29, 0.717) is 0 Å². The van der Waals surface area contributed by atoms with E-state index >= 15 is 0 Å². The topological polar surface area (TPSA) is 68.7 Å². The minimum absolute atomic E-state index is 0.102. The molecule has 0 spiro atoms. The highest BCUT2D eigenvalue weighted by atomic mass is 19.4. The minimum atomic E-state index is -4.98. The summed E-state index contributed by atoms with van der Waals surface area (Å²) in [6.45, 7) is 1.19. The number of rotatable bonds is 3. The lowest BCUT2D eigenvalue weighted by molar-refractivity contribution is -0.275. The van der Waals surface area contributed by atoms with E-state index in [4.69, 9.17) is 5.11 Å². The van der Waals surface area contributed by atoms with Gasteiger partial charge in [0.2, 0.25) is 5.88 Å². The largest absolute Gasteiger partial charge is 0.573 e. The van der Waals surface area contributed by atoms with Gasteiger partial charge in [0, 0.05) is 6.07 Å². The van der Waals surface area contributed by atoms with E-state index in [-0.39, 0.29) is 11.6 Å². The molecule has 0 aliphatic carbocycles. The Labute approximate surface area is 93.8 Å². The molecule has 0 saturated heterocycles. The normalized spacial score (nSPS) is 11.1. The average Bonchev–Trinajstić information content (AvgIpc) is 2.18. The summed E-state index contributed by atoms with van der Waals surface area (Å²) in [5, 5.41) is 8.78. The lowest BCUT2D eigenvalue weighted by Gasteiger charge is -2.14. The number of ether oxygens (including phenoxy) is 2. The second-order valence-electron chi connectivity index (χ2n) is 2.98. The first kappa shape index (κ1) is 13.1.